The van der Waals surface area contributed by atoms with Gasteiger partial charge in [0.25, 0.3) is 0 Å². The quantitative estimate of drug-likeness (QED) is 0.673. The SMILES string of the molecule is COCc1cc(C(C)C)cn1C. The number of aromatic nitrogens is 1. The Bertz CT molecular complexity index is 250. The Morgan fingerprint density at radius 3 is 2.58 bits per heavy atom. The molecule has 0 aliphatic carbocycles. The van der Waals surface area contributed by atoms with Crippen LogP contribution in [-0.2, 0) is 18.4 Å². The molecule has 1 aromatic rings. The highest BCUT2D eigenvalue weighted by molar-refractivity contribution is 5.21. The summed E-state index contributed by atoms with van der Waals surface area (Å²) in [4.78, 5) is 0. The summed E-state index contributed by atoms with van der Waals surface area (Å²) in [7, 11) is 3.78. The molecule has 0 unspecified atom stereocenters. The van der Waals surface area contributed by atoms with Gasteiger partial charge in [-0.1, -0.05) is 13.8 Å². The summed E-state index contributed by atoms with van der Waals surface area (Å²) >= 11 is 0. The van der Waals surface area contributed by atoms with Crippen molar-refractivity contribution in [2.75, 3.05) is 7.11 Å². The minimum absolute atomic E-state index is 0.599. The number of hydrogen-bond acceptors (Lipinski definition) is 1. The van der Waals surface area contributed by atoms with Gasteiger partial charge in [0.2, 0.25) is 0 Å². The Morgan fingerprint density at radius 2 is 2.17 bits per heavy atom. The van der Waals surface area contributed by atoms with E-state index in [-0.39, 0.29) is 0 Å². The first-order valence-corrected chi connectivity index (χ1v) is 4.29. The van der Waals surface area contributed by atoms with E-state index in [1.54, 1.807) is 7.11 Å². The molecule has 12 heavy (non-hydrogen) atoms. The van der Waals surface area contributed by atoms with Crippen LogP contribution in [0.2, 0.25) is 0 Å². The average molecular weight is 167 g/mol. The van der Waals surface area contributed by atoms with E-state index in [1.165, 1.54) is 11.3 Å². The van der Waals surface area contributed by atoms with Crippen molar-refractivity contribution in [1.82, 2.24) is 4.57 Å². The van der Waals surface area contributed by atoms with Crippen molar-refractivity contribution in [3.8, 4) is 0 Å². The molecular weight excluding hydrogens is 150 g/mol. The lowest BCUT2D eigenvalue weighted by Gasteiger charge is -1.98. The van der Waals surface area contributed by atoms with Crippen LogP contribution in [0.3, 0.4) is 0 Å². The molecule has 68 valence electrons. The van der Waals surface area contributed by atoms with Gasteiger partial charge in [-0.2, -0.15) is 0 Å². The van der Waals surface area contributed by atoms with E-state index in [1.807, 2.05) is 0 Å². The van der Waals surface area contributed by atoms with Crippen LogP contribution >= 0.6 is 0 Å². The first-order chi connectivity index (χ1) is 5.65. The normalized spacial score (nSPS) is 11.1. The molecule has 2 heteroatoms. The molecular formula is C10H17NO. The Hall–Kier alpha value is -0.760. The molecule has 0 saturated heterocycles. The van der Waals surface area contributed by atoms with Crippen LogP contribution in [0.1, 0.15) is 31.0 Å². The average Bonchev–Trinajstić information content (AvgIpc) is 2.34. The number of nitrogens with zero attached hydrogens (tertiary/aromatic N) is 1. The van der Waals surface area contributed by atoms with Crippen molar-refractivity contribution in [2.45, 2.75) is 26.4 Å². The monoisotopic (exact) mass is 167 g/mol. The third kappa shape index (κ3) is 1.89. The zero-order chi connectivity index (χ0) is 9.14. The molecule has 0 N–H and O–H groups in total. The second-order valence-corrected chi connectivity index (χ2v) is 3.46. The lowest BCUT2D eigenvalue weighted by molar-refractivity contribution is 0.179. The molecule has 0 aromatic carbocycles. The van der Waals surface area contributed by atoms with E-state index in [4.69, 9.17) is 4.74 Å². The molecule has 2 nitrogen and oxygen atoms in total. The Labute approximate surface area is 74.2 Å². The molecule has 1 rings (SSSR count). The highest BCUT2D eigenvalue weighted by atomic mass is 16.5. The van der Waals surface area contributed by atoms with Crippen LogP contribution in [0.15, 0.2) is 12.3 Å². The third-order valence-corrected chi connectivity index (χ3v) is 2.09. The molecule has 0 spiro atoms. The largest absolute Gasteiger partial charge is 0.378 e. The molecule has 0 aliphatic heterocycles. The summed E-state index contributed by atoms with van der Waals surface area (Å²) in [6, 6.07) is 2.20. The number of methoxy groups -OCH3 is 1. The maximum atomic E-state index is 5.08. The minimum atomic E-state index is 0.599. The molecule has 0 saturated carbocycles. The van der Waals surface area contributed by atoms with Gasteiger partial charge in [0.15, 0.2) is 0 Å². The van der Waals surface area contributed by atoms with Gasteiger partial charge in [-0.15, -0.1) is 0 Å². The molecule has 0 aliphatic rings. The van der Waals surface area contributed by atoms with Gasteiger partial charge >= 0.3 is 0 Å². The smallest absolute Gasteiger partial charge is 0.0863 e. The number of ether oxygens (including phenoxy) is 1. The Morgan fingerprint density at radius 1 is 1.50 bits per heavy atom. The highest BCUT2D eigenvalue weighted by Gasteiger charge is 2.05. The van der Waals surface area contributed by atoms with Gasteiger partial charge in [0.1, 0.15) is 0 Å². The zero-order valence-electron chi connectivity index (χ0n) is 8.29. The van der Waals surface area contributed by atoms with E-state index in [9.17, 15) is 0 Å². The van der Waals surface area contributed by atoms with E-state index in [0.717, 1.165) is 0 Å². The van der Waals surface area contributed by atoms with E-state index < -0.39 is 0 Å². The summed E-state index contributed by atoms with van der Waals surface area (Å²) in [5.41, 5.74) is 2.62. The zero-order valence-corrected chi connectivity index (χ0v) is 8.29. The number of aryl methyl sites for hydroxylation is 1. The van der Waals surface area contributed by atoms with Crippen molar-refractivity contribution in [2.24, 2.45) is 7.05 Å². The first-order valence-electron chi connectivity index (χ1n) is 4.29. The minimum Gasteiger partial charge on any atom is -0.378 e. The van der Waals surface area contributed by atoms with E-state index in [0.29, 0.717) is 12.5 Å². The predicted octanol–water partition coefficient (Wildman–Crippen LogP) is 2.29. The second kappa shape index (κ2) is 3.76. The fourth-order valence-electron chi connectivity index (χ4n) is 1.25. The standard InChI is InChI=1S/C10H17NO/c1-8(2)9-5-10(7-12-4)11(3)6-9/h5-6,8H,7H2,1-4H3. The predicted molar refractivity (Wildman–Crippen MR) is 50.2 cm³/mol. The fraction of sp³-hybridized carbons (Fsp3) is 0.600. The van der Waals surface area contributed by atoms with Gasteiger partial charge < -0.3 is 9.30 Å². The highest BCUT2D eigenvalue weighted by Crippen LogP contribution is 2.17. The maximum absolute atomic E-state index is 5.08. The van der Waals surface area contributed by atoms with E-state index >= 15 is 0 Å². The van der Waals surface area contributed by atoms with Crippen molar-refractivity contribution >= 4 is 0 Å². The molecule has 0 atom stereocenters. The van der Waals surface area contributed by atoms with Gasteiger partial charge in [-0.3, -0.25) is 0 Å². The molecule has 0 radical (unpaired) electrons. The summed E-state index contributed by atoms with van der Waals surface area (Å²) in [6.07, 6.45) is 2.17. The van der Waals surface area contributed by atoms with Gasteiger partial charge in [-0.25, -0.2) is 0 Å². The topological polar surface area (TPSA) is 14.2 Å². The summed E-state index contributed by atoms with van der Waals surface area (Å²) in [5.74, 6) is 0.599. The number of rotatable bonds is 3. The van der Waals surface area contributed by atoms with Gasteiger partial charge in [0.05, 0.1) is 6.61 Å². The van der Waals surface area contributed by atoms with Crippen molar-refractivity contribution in [1.29, 1.82) is 0 Å². The number of hydrogen-bond donors (Lipinski definition) is 0. The van der Waals surface area contributed by atoms with Gasteiger partial charge in [0, 0.05) is 26.0 Å². The van der Waals surface area contributed by atoms with Crippen LogP contribution in [0.25, 0.3) is 0 Å². The van der Waals surface area contributed by atoms with Crippen molar-refractivity contribution in [3.63, 3.8) is 0 Å². The lowest BCUT2D eigenvalue weighted by Crippen LogP contribution is -1.95. The fourth-order valence-corrected chi connectivity index (χ4v) is 1.25. The first kappa shape index (κ1) is 9.33. The summed E-state index contributed by atoms with van der Waals surface area (Å²) < 4.78 is 7.20. The van der Waals surface area contributed by atoms with Crippen LogP contribution < -0.4 is 0 Å². The van der Waals surface area contributed by atoms with Crippen LogP contribution in [0, 0.1) is 0 Å². The second-order valence-electron chi connectivity index (χ2n) is 3.46. The molecule has 0 fully saturated rings. The molecule has 0 amide bonds. The van der Waals surface area contributed by atoms with Crippen LogP contribution in [0.4, 0.5) is 0 Å². The maximum Gasteiger partial charge on any atom is 0.0863 e. The van der Waals surface area contributed by atoms with Crippen LogP contribution in [-0.4, -0.2) is 11.7 Å². The van der Waals surface area contributed by atoms with Crippen molar-refractivity contribution < 1.29 is 4.74 Å². The summed E-state index contributed by atoms with van der Waals surface area (Å²) in [5, 5.41) is 0. The summed E-state index contributed by atoms with van der Waals surface area (Å²) in [6.45, 7) is 5.10. The molecule has 1 heterocycles. The molecule has 0 bridgehead atoms. The Balaban J connectivity index is 2.85. The lowest BCUT2D eigenvalue weighted by atomic mass is 10.1. The molecule has 1 aromatic heterocycles. The Kier molecular flexibility index (Phi) is 2.93. The van der Waals surface area contributed by atoms with Crippen LogP contribution in [0.5, 0.6) is 0 Å². The van der Waals surface area contributed by atoms with E-state index in [2.05, 4.69) is 37.7 Å². The third-order valence-electron chi connectivity index (χ3n) is 2.09. The van der Waals surface area contributed by atoms with Crippen molar-refractivity contribution in [3.05, 3.63) is 23.5 Å². The van der Waals surface area contributed by atoms with Gasteiger partial charge in [-0.05, 0) is 17.5 Å².